The molecule has 5 rings (SSSR count). The maximum Gasteiger partial charge on any atom is 0.0845 e. The van der Waals surface area contributed by atoms with E-state index in [1.165, 1.54) is 5.56 Å². The predicted octanol–water partition coefficient (Wildman–Crippen LogP) is 6.83. The van der Waals surface area contributed by atoms with E-state index in [0.717, 1.165) is 52.0 Å². The van der Waals surface area contributed by atoms with E-state index >= 15 is 0 Å². The minimum atomic E-state index is 0.592. The average Bonchev–Trinajstić information content (AvgIpc) is 3.41. The number of hydrogen-bond donors (Lipinski definition) is 2. The third kappa shape index (κ3) is 3.61. The van der Waals surface area contributed by atoms with Crippen LogP contribution in [0.5, 0.6) is 0 Å². The van der Waals surface area contributed by atoms with Gasteiger partial charge in [-0.3, -0.25) is 0 Å². The molecule has 2 aliphatic heterocycles. The summed E-state index contributed by atoms with van der Waals surface area (Å²) in [6.45, 7) is 2.18. The molecule has 0 unspecified atom stereocenters. The first kappa shape index (κ1) is 18.2. The van der Waals surface area contributed by atoms with E-state index in [1.54, 1.807) is 0 Å². The summed E-state index contributed by atoms with van der Waals surface area (Å²) in [4.78, 5) is 16.2. The van der Waals surface area contributed by atoms with Crippen LogP contribution in [0.4, 0.5) is 0 Å². The van der Waals surface area contributed by atoms with Crippen LogP contribution >= 0.6 is 23.2 Å². The summed E-state index contributed by atoms with van der Waals surface area (Å²) in [6.07, 6.45) is 7.92. The molecule has 3 aromatic heterocycles. The van der Waals surface area contributed by atoms with Crippen molar-refractivity contribution in [3.8, 4) is 0 Å². The lowest BCUT2D eigenvalue weighted by Gasteiger charge is -1.92. The van der Waals surface area contributed by atoms with Gasteiger partial charge in [-0.25, -0.2) is 9.97 Å². The van der Waals surface area contributed by atoms with Gasteiger partial charge in [0.25, 0.3) is 0 Å². The fraction of sp³-hybridized carbons (Fsp3) is 0.130. The molecule has 0 atom stereocenters. The maximum absolute atomic E-state index is 6.45. The number of rotatable bonds is 2. The lowest BCUT2D eigenvalue weighted by molar-refractivity contribution is 0.931. The van der Waals surface area contributed by atoms with Crippen LogP contribution in [0.2, 0.25) is 5.02 Å². The molecule has 3 aromatic rings. The molecule has 8 bridgehead atoms. The summed E-state index contributed by atoms with van der Waals surface area (Å²) in [7, 11) is 0. The van der Waals surface area contributed by atoms with E-state index in [9.17, 15) is 0 Å². The zero-order chi connectivity index (χ0) is 20.0. The summed E-state index contributed by atoms with van der Waals surface area (Å²) in [5.41, 5.74) is 8.22. The Kier molecular flexibility index (Phi) is 4.53. The third-order valence-corrected chi connectivity index (χ3v) is 5.54. The molecule has 6 heteroatoms. The number of aryl methyl sites for hydroxylation is 1. The fourth-order valence-electron chi connectivity index (χ4n) is 3.63. The molecule has 0 saturated carbocycles. The van der Waals surface area contributed by atoms with Gasteiger partial charge < -0.3 is 9.97 Å². The van der Waals surface area contributed by atoms with Gasteiger partial charge in [0.15, 0.2) is 0 Å². The topological polar surface area (TPSA) is 57.4 Å². The Balaban J connectivity index is 1.87. The van der Waals surface area contributed by atoms with Crippen molar-refractivity contribution in [2.24, 2.45) is 0 Å². The van der Waals surface area contributed by atoms with Gasteiger partial charge in [-0.05, 0) is 66.6 Å². The Hall–Kier alpha value is -2.82. The highest BCUT2D eigenvalue weighted by Gasteiger charge is 2.10. The standard InChI is InChI=1S/C23H18Cl2N4/c1-2-3-13-6-16-7-14-4-5-15(26-14)8-17-9-19(24)22(28-17)12-23-20(25)10-18(29-23)11-21(13)27-16/h4-12,27-28H,2-3H2,1H3. The van der Waals surface area contributed by atoms with E-state index in [2.05, 4.69) is 39.0 Å². The molecule has 0 fully saturated rings. The maximum atomic E-state index is 6.45. The number of halogens is 2. The van der Waals surface area contributed by atoms with Crippen molar-refractivity contribution in [2.75, 3.05) is 0 Å². The van der Waals surface area contributed by atoms with Crippen molar-refractivity contribution >= 4 is 68.5 Å². The van der Waals surface area contributed by atoms with E-state index in [1.807, 2.05) is 42.5 Å². The first-order valence-electron chi connectivity index (χ1n) is 9.54. The molecular weight excluding hydrogens is 403 g/mol. The molecule has 2 aliphatic rings. The summed E-state index contributed by atoms with van der Waals surface area (Å²) in [5.74, 6) is 0. The summed E-state index contributed by atoms with van der Waals surface area (Å²) in [6, 6.07) is 12.0. The van der Waals surface area contributed by atoms with Gasteiger partial charge in [-0.2, -0.15) is 0 Å². The highest BCUT2D eigenvalue weighted by molar-refractivity contribution is 6.51. The largest absolute Gasteiger partial charge is 0.355 e. The molecule has 0 saturated heterocycles. The highest BCUT2D eigenvalue weighted by Crippen LogP contribution is 2.28. The summed E-state index contributed by atoms with van der Waals surface area (Å²) >= 11 is 12.9. The van der Waals surface area contributed by atoms with Crippen molar-refractivity contribution in [1.29, 1.82) is 0 Å². The second-order valence-corrected chi connectivity index (χ2v) is 8.00. The normalized spacial score (nSPS) is 13.0. The van der Waals surface area contributed by atoms with Gasteiger partial charge in [0.05, 0.1) is 38.3 Å². The van der Waals surface area contributed by atoms with Gasteiger partial charge in [-0.15, -0.1) is 0 Å². The molecular formula is C23H18Cl2N4. The van der Waals surface area contributed by atoms with Crippen molar-refractivity contribution in [2.45, 2.75) is 19.8 Å². The zero-order valence-electron chi connectivity index (χ0n) is 15.8. The third-order valence-electron chi connectivity index (χ3n) is 4.92. The second-order valence-electron chi connectivity index (χ2n) is 7.19. The van der Waals surface area contributed by atoms with Crippen molar-refractivity contribution in [1.82, 2.24) is 19.9 Å². The van der Waals surface area contributed by atoms with Crippen LogP contribution < -0.4 is 0 Å². The van der Waals surface area contributed by atoms with E-state index in [0.29, 0.717) is 15.7 Å². The summed E-state index contributed by atoms with van der Waals surface area (Å²) in [5, 5.41) is 1.20. The predicted molar refractivity (Wildman–Crippen MR) is 123 cm³/mol. The Morgan fingerprint density at radius 2 is 1.52 bits per heavy atom. The van der Waals surface area contributed by atoms with Crippen LogP contribution in [-0.4, -0.2) is 19.9 Å². The number of nitrogens with zero attached hydrogens (tertiary/aromatic N) is 2. The first-order chi connectivity index (χ1) is 14.1. The molecule has 29 heavy (non-hydrogen) atoms. The van der Waals surface area contributed by atoms with Gasteiger partial charge in [-0.1, -0.05) is 36.5 Å². The lowest BCUT2D eigenvalue weighted by atomic mass is 10.1. The molecule has 0 aliphatic carbocycles. The average molecular weight is 421 g/mol. The van der Waals surface area contributed by atoms with Gasteiger partial charge in [0.1, 0.15) is 0 Å². The number of hydrogen-bond acceptors (Lipinski definition) is 2. The molecule has 2 N–H and O–H groups in total. The number of fused-ring (bicyclic) bond motifs is 8. The van der Waals surface area contributed by atoms with Crippen molar-refractivity contribution in [3.05, 3.63) is 69.8 Å². The SMILES string of the molecule is CCCc1cc2cc3nc(cc4cc(Cl)c(cc5nc(cc1[nH]2)C=C5Cl)[nH]4)C=C3. The Morgan fingerprint density at radius 3 is 2.28 bits per heavy atom. The van der Waals surface area contributed by atoms with E-state index < -0.39 is 0 Å². The number of H-pyrrole nitrogens is 2. The Labute approximate surface area is 178 Å². The van der Waals surface area contributed by atoms with Crippen LogP contribution in [0, 0.1) is 0 Å². The van der Waals surface area contributed by atoms with Crippen LogP contribution in [0.15, 0.2) is 36.4 Å². The molecule has 0 radical (unpaired) electrons. The molecule has 0 spiro atoms. The first-order valence-corrected chi connectivity index (χ1v) is 10.3. The monoisotopic (exact) mass is 420 g/mol. The molecule has 0 amide bonds. The summed E-state index contributed by atoms with van der Waals surface area (Å²) < 4.78 is 0. The quantitative estimate of drug-likeness (QED) is 0.373. The Bertz CT molecular complexity index is 1340. The number of nitrogens with one attached hydrogen (secondary N) is 2. The fourth-order valence-corrected chi connectivity index (χ4v) is 4.06. The molecule has 0 aromatic carbocycles. The van der Waals surface area contributed by atoms with Crippen LogP contribution in [0.1, 0.15) is 41.7 Å². The highest BCUT2D eigenvalue weighted by atomic mass is 35.5. The Morgan fingerprint density at radius 1 is 0.793 bits per heavy atom. The minimum absolute atomic E-state index is 0.592. The van der Waals surface area contributed by atoms with Crippen LogP contribution in [0.3, 0.4) is 0 Å². The van der Waals surface area contributed by atoms with E-state index in [-0.39, 0.29) is 0 Å². The van der Waals surface area contributed by atoms with Gasteiger partial charge in [0.2, 0.25) is 0 Å². The second kappa shape index (κ2) is 7.21. The number of aromatic nitrogens is 4. The molecule has 5 heterocycles. The van der Waals surface area contributed by atoms with Crippen LogP contribution in [0.25, 0.3) is 45.3 Å². The van der Waals surface area contributed by atoms with Crippen molar-refractivity contribution in [3.63, 3.8) is 0 Å². The van der Waals surface area contributed by atoms with Crippen molar-refractivity contribution < 1.29 is 0 Å². The zero-order valence-corrected chi connectivity index (χ0v) is 17.3. The van der Waals surface area contributed by atoms with Gasteiger partial charge in [0, 0.05) is 16.6 Å². The minimum Gasteiger partial charge on any atom is -0.355 e. The van der Waals surface area contributed by atoms with Gasteiger partial charge >= 0.3 is 0 Å². The molecule has 4 nitrogen and oxygen atoms in total. The smallest absolute Gasteiger partial charge is 0.0845 e. The van der Waals surface area contributed by atoms with Crippen LogP contribution in [-0.2, 0) is 6.42 Å². The molecule has 144 valence electrons. The lowest BCUT2D eigenvalue weighted by Crippen LogP contribution is -1.80. The van der Waals surface area contributed by atoms with E-state index in [4.69, 9.17) is 23.2 Å². The number of aromatic amines is 2.